The summed E-state index contributed by atoms with van der Waals surface area (Å²) >= 11 is 1.64. The topological polar surface area (TPSA) is 84.7 Å². The van der Waals surface area contributed by atoms with E-state index in [9.17, 15) is 4.79 Å². The van der Waals surface area contributed by atoms with Crippen LogP contribution >= 0.6 is 11.3 Å². The number of amides is 2. The van der Waals surface area contributed by atoms with Gasteiger partial charge in [0, 0.05) is 10.6 Å². The van der Waals surface area contributed by atoms with Gasteiger partial charge >= 0.3 is 6.03 Å². The number of tetrazole rings is 1. The third-order valence-electron chi connectivity index (χ3n) is 3.71. The van der Waals surface area contributed by atoms with Gasteiger partial charge in [0.2, 0.25) is 0 Å². The molecule has 0 saturated heterocycles. The molecular formula is C17H20N6OS. The zero-order chi connectivity index (χ0) is 17.9. The second-order valence-corrected chi connectivity index (χ2v) is 7.69. The van der Waals surface area contributed by atoms with Gasteiger partial charge in [-0.15, -0.1) is 16.4 Å². The van der Waals surface area contributed by atoms with Gasteiger partial charge in [-0.2, -0.15) is 0 Å². The molecule has 25 heavy (non-hydrogen) atoms. The number of carbonyl (C=O) groups excluding carboxylic acids is 1. The maximum atomic E-state index is 12.4. The third kappa shape index (κ3) is 4.21. The SMILES string of the molecule is CC(C)(C)[C@@H](NC(=O)Nc1ccc(-n2cnnn2)cc1)c1cccs1. The predicted molar refractivity (Wildman–Crippen MR) is 97.8 cm³/mol. The van der Waals surface area contributed by atoms with E-state index in [-0.39, 0.29) is 17.5 Å². The molecule has 1 aromatic carbocycles. The molecule has 3 aromatic rings. The van der Waals surface area contributed by atoms with Crippen LogP contribution in [-0.2, 0) is 0 Å². The molecule has 1 atom stereocenters. The fourth-order valence-corrected chi connectivity index (χ4v) is 3.47. The number of urea groups is 1. The first-order valence-electron chi connectivity index (χ1n) is 7.88. The zero-order valence-electron chi connectivity index (χ0n) is 14.3. The van der Waals surface area contributed by atoms with Crippen molar-refractivity contribution in [2.45, 2.75) is 26.8 Å². The van der Waals surface area contributed by atoms with Crippen molar-refractivity contribution < 1.29 is 4.79 Å². The van der Waals surface area contributed by atoms with Crippen molar-refractivity contribution in [3.05, 3.63) is 53.0 Å². The molecule has 0 fully saturated rings. The quantitative estimate of drug-likeness (QED) is 0.747. The van der Waals surface area contributed by atoms with Crippen LogP contribution in [-0.4, -0.2) is 26.2 Å². The first kappa shape index (κ1) is 17.1. The minimum absolute atomic E-state index is 0.0620. The Kier molecular flexibility index (Phi) is 4.80. The third-order valence-corrected chi connectivity index (χ3v) is 4.65. The number of benzene rings is 1. The summed E-state index contributed by atoms with van der Waals surface area (Å²) < 4.78 is 1.55. The fourth-order valence-electron chi connectivity index (χ4n) is 2.45. The van der Waals surface area contributed by atoms with Crippen LogP contribution in [0, 0.1) is 5.41 Å². The van der Waals surface area contributed by atoms with Crippen LogP contribution in [0.5, 0.6) is 0 Å². The molecule has 0 aliphatic carbocycles. The molecule has 7 nitrogen and oxygen atoms in total. The van der Waals surface area contributed by atoms with E-state index in [0.717, 1.165) is 10.6 Å². The summed E-state index contributed by atoms with van der Waals surface area (Å²) in [6, 6.07) is 11.1. The van der Waals surface area contributed by atoms with Gasteiger partial charge < -0.3 is 10.6 Å². The van der Waals surface area contributed by atoms with Crippen molar-refractivity contribution in [1.29, 1.82) is 0 Å². The Hall–Kier alpha value is -2.74. The minimum Gasteiger partial charge on any atom is -0.330 e. The number of carbonyl (C=O) groups is 1. The van der Waals surface area contributed by atoms with Crippen molar-refractivity contribution in [2.24, 2.45) is 5.41 Å². The molecule has 0 aliphatic rings. The highest BCUT2D eigenvalue weighted by Gasteiger charge is 2.28. The summed E-state index contributed by atoms with van der Waals surface area (Å²) in [5.74, 6) is 0. The second kappa shape index (κ2) is 7.02. The van der Waals surface area contributed by atoms with E-state index < -0.39 is 0 Å². The van der Waals surface area contributed by atoms with Crippen LogP contribution < -0.4 is 10.6 Å². The Bertz CT molecular complexity index is 806. The van der Waals surface area contributed by atoms with Gasteiger partial charge in [0.25, 0.3) is 0 Å². The van der Waals surface area contributed by atoms with Gasteiger partial charge in [0.1, 0.15) is 6.33 Å². The number of hydrogen-bond acceptors (Lipinski definition) is 5. The lowest BCUT2D eigenvalue weighted by Crippen LogP contribution is -2.38. The number of anilines is 1. The van der Waals surface area contributed by atoms with Crippen LogP contribution in [0.25, 0.3) is 5.69 Å². The van der Waals surface area contributed by atoms with E-state index in [4.69, 9.17) is 0 Å². The lowest BCUT2D eigenvalue weighted by Gasteiger charge is -2.30. The molecule has 0 spiro atoms. The second-order valence-electron chi connectivity index (χ2n) is 6.71. The fraction of sp³-hybridized carbons (Fsp3) is 0.294. The highest BCUT2D eigenvalue weighted by atomic mass is 32.1. The van der Waals surface area contributed by atoms with Crippen molar-refractivity contribution in [2.75, 3.05) is 5.32 Å². The Balaban J connectivity index is 1.67. The van der Waals surface area contributed by atoms with Crippen LogP contribution in [0.1, 0.15) is 31.7 Å². The Morgan fingerprint density at radius 3 is 2.52 bits per heavy atom. The van der Waals surface area contributed by atoms with Crippen molar-refractivity contribution in [3.63, 3.8) is 0 Å². The summed E-state index contributed by atoms with van der Waals surface area (Å²) in [6.07, 6.45) is 1.52. The minimum atomic E-state index is -0.233. The van der Waals surface area contributed by atoms with Gasteiger partial charge in [-0.1, -0.05) is 26.8 Å². The van der Waals surface area contributed by atoms with E-state index in [2.05, 4.69) is 46.9 Å². The molecule has 0 aliphatic heterocycles. The van der Waals surface area contributed by atoms with Crippen molar-refractivity contribution in [1.82, 2.24) is 25.5 Å². The first-order valence-corrected chi connectivity index (χ1v) is 8.76. The van der Waals surface area contributed by atoms with E-state index in [1.165, 1.54) is 6.33 Å². The van der Waals surface area contributed by atoms with E-state index in [1.54, 1.807) is 16.0 Å². The maximum absolute atomic E-state index is 12.4. The van der Waals surface area contributed by atoms with Crippen LogP contribution in [0.2, 0.25) is 0 Å². The normalized spacial score (nSPS) is 12.6. The monoisotopic (exact) mass is 356 g/mol. The van der Waals surface area contributed by atoms with Gasteiger partial charge in [-0.25, -0.2) is 9.48 Å². The lowest BCUT2D eigenvalue weighted by molar-refractivity contribution is 0.230. The van der Waals surface area contributed by atoms with Crippen LogP contribution in [0.3, 0.4) is 0 Å². The number of nitrogens with zero attached hydrogens (tertiary/aromatic N) is 4. The summed E-state index contributed by atoms with van der Waals surface area (Å²) in [5.41, 5.74) is 1.43. The Labute approximate surface area is 150 Å². The van der Waals surface area contributed by atoms with Gasteiger partial charge in [0.15, 0.2) is 0 Å². The summed E-state index contributed by atoms with van der Waals surface area (Å²) in [4.78, 5) is 13.6. The molecule has 0 bridgehead atoms. The number of rotatable bonds is 4. The summed E-state index contributed by atoms with van der Waals surface area (Å²) in [6.45, 7) is 6.33. The summed E-state index contributed by atoms with van der Waals surface area (Å²) in [7, 11) is 0. The highest BCUT2D eigenvalue weighted by molar-refractivity contribution is 7.10. The van der Waals surface area contributed by atoms with Gasteiger partial charge in [-0.3, -0.25) is 0 Å². The molecule has 2 aromatic heterocycles. The molecule has 3 rings (SSSR count). The zero-order valence-corrected chi connectivity index (χ0v) is 15.1. The molecule has 8 heteroatoms. The average molecular weight is 356 g/mol. The smallest absolute Gasteiger partial charge is 0.319 e. The largest absolute Gasteiger partial charge is 0.330 e. The van der Waals surface area contributed by atoms with Crippen molar-refractivity contribution in [3.8, 4) is 5.69 Å². The molecular weight excluding hydrogens is 336 g/mol. The van der Waals surface area contributed by atoms with Gasteiger partial charge in [0.05, 0.1) is 11.7 Å². The number of hydrogen-bond donors (Lipinski definition) is 2. The van der Waals surface area contributed by atoms with E-state index >= 15 is 0 Å². The highest BCUT2D eigenvalue weighted by Crippen LogP contribution is 2.35. The number of nitrogens with one attached hydrogen (secondary N) is 2. The Morgan fingerprint density at radius 1 is 1.20 bits per heavy atom. The van der Waals surface area contributed by atoms with Crippen LogP contribution in [0.4, 0.5) is 10.5 Å². The molecule has 130 valence electrons. The molecule has 0 saturated carbocycles. The Morgan fingerprint density at radius 2 is 1.96 bits per heavy atom. The maximum Gasteiger partial charge on any atom is 0.319 e. The summed E-state index contributed by atoms with van der Waals surface area (Å²) in [5, 5.41) is 19.0. The first-order chi connectivity index (χ1) is 11.9. The molecule has 2 heterocycles. The molecule has 2 N–H and O–H groups in total. The molecule has 0 unspecified atom stereocenters. The molecule has 0 radical (unpaired) electrons. The van der Waals surface area contributed by atoms with Gasteiger partial charge in [-0.05, 0) is 51.6 Å². The number of thiophene rings is 1. The van der Waals surface area contributed by atoms with E-state index in [1.807, 2.05) is 41.8 Å². The van der Waals surface area contributed by atoms with E-state index in [0.29, 0.717) is 5.69 Å². The van der Waals surface area contributed by atoms with Crippen LogP contribution in [0.15, 0.2) is 48.1 Å². The number of aromatic nitrogens is 4. The average Bonchev–Trinajstić information content (AvgIpc) is 3.26. The van der Waals surface area contributed by atoms with Crippen molar-refractivity contribution >= 4 is 23.1 Å². The standard InChI is InChI=1S/C17H20N6OS/c1-17(2,3)15(14-5-4-10-25-14)20-16(24)19-12-6-8-13(9-7-12)23-11-18-21-22-23/h4-11,15H,1-3H3,(H2,19,20,24)/t15-/m0/s1. The molecule has 2 amide bonds. The lowest BCUT2D eigenvalue weighted by atomic mass is 9.86. The predicted octanol–water partition coefficient (Wildman–Crippen LogP) is 3.63.